The number of thioether (sulfide) groups is 1. The average Bonchev–Trinajstić information content (AvgIpc) is 2.42. The molecule has 1 aliphatic rings. The van der Waals surface area contributed by atoms with Gasteiger partial charge in [-0.3, -0.25) is 4.79 Å². The lowest BCUT2D eigenvalue weighted by atomic mass is 9.98. The first-order valence-corrected chi connectivity index (χ1v) is 7.65. The normalized spacial score (nSPS) is 16.1. The first-order valence-electron chi connectivity index (χ1n) is 6.50. The average molecular weight is 280 g/mol. The number of anilines is 2. The van der Waals surface area contributed by atoms with Crippen LogP contribution in [0, 0.1) is 5.92 Å². The van der Waals surface area contributed by atoms with E-state index in [1.54, 1.807) is 25.3 Å². The predicted molar refractivity (Wildman–Crippen MR) is 80.7 cm³/mol. The fourth-order valence-corrected chi connectivity index (χ4v) is 3.42. The second kappa shape index (κ2) is 6.70. The van der Waals surface area contributed by atoms with Crippen LogP contribution in [0.2, 0.25) is 0 Å². The molecule has 0 bridgehead atoms. The number of carbonyl (C=O) groups is 1. The van der Waals surface area contributed by atoms with Crippen molar-refractivity contribution < 1.29 is 9.53 Å². The maximum Gasteiger partial charge on any atom is 0.224 e. The van der Waals surface area contributed by atoms with Crippen molar-refractivity contribution in [2.24, 2.45) is 5.92 Å². The van der Waals surface area contributed by atoms with Gasteiger partial charge in [0.05, 0.1) is 12.8 Å². The summed E-state index contributed by atoms with van der Waals surface area (Å²) in [6.07, 6.45) is 2.89. The van der Waals surface area contributed by atoms with Crippen molar-refractivity contribution in [3.05, 3.63) is 18.2 Å². The van der Waals surface area contributed by atoms with Crippen LogP contribution in [0.1, 0.15) is 19.3 Å². The summed E-state index contributed by atoms with van der Waals surface area (Å²) in [6.45, 7) is 0. The number of rotatable bonds is 4. The minimum atomic E-state index is 0.0729. The Balaban J connectivity index is 1.90. The van der Waals surface area contributed by atoms with E-state index >= 15 is 0 Å². The van der Waals surface area contributed by atoms with Gasteiger partial charge in [-0.15, -0.1) is 0 Å². The molecule has 1 heterocycles. The molecule has 4 nitrogen and oxygen atoms in total. The van der Waals surface area contributed by atoms with E-state index in [9.17, 15) is 4.79 Å². The Labute approximate surface area is 118 Å². The molecule has 0 aliphatic carbocycles. The minimum absolute atomic E-state index is 0.0729. The fraction of sp³-hybridized carbons (Fsp3) is 0.500. The molecule has 0 aromatic heterocycles. The highest BCUT2D eigenvalue weighted by Gasteiger charge is 2.17. The van der Waals surface area contributed by atoms with Crippen LogP contribution in [0.5, 0.6) is 5.75 Å². The predicted octanol–water partition coefficient (Wildman–Crippen LogP) is 2.75. The van der Waals surface area contributed by atoms with Gasteiger partial charge in [-0.1, -0.05) is 0 Å². The van der Waals surface area contributed by atoms with Crippen molar-refractivity contribution in [2.45, 2.75) is 19.3 Å². The molecule has 1 amide bonds. The quantitative estimate of drug-likeness (QED) is 0.832. The number of hydrogen-bond acceptors (Lipinski definition) is 4. The number of hydrogen-bond donors (Lipinski definition) is 2. The van der Waals surface area contributed by atoms with Crippen LogP contribution in [-0.2, 0) is 4.79 Å². The number of carbonyl (C=O) groups excluding carboxylic acids is 1. The lowest BCUT2D eigenvalue weighted by molar-refractivity contribution is -0.117. The largest absolute Gasteiger partial charge is 0.495 e. The summed E-state index contributed by atoms with van der Waals surface area (Å²) in [4.78, 5) is 12.0. The molecule has 0 atom stereocenters. The van der Waals surface area contributed by atoms with Crippen molar-refractivity contribution in [2.75, 3.05) is 29.7 Å². The van der Waals surface area contributed by atoms with E-state index in [-0.39, 0.29) is 5.91 Å². The number of nitrogen functional groups attached to an aromatic ring is 1. The van der Waals surface area contributed by atoms with E-state index in [1.165, 1.54) is 11.5 Å². The molecule has 0 saturated carbocycles. The molecule has 3 N–H and O–H groups in total. The van der Waals surface area contributed by atoms with Crippen molar-refractivity contribution in [3.8, 4) is 5.75 Å². The van der Waals surface area contributed by atoms with Gasteiger partial charge in [0, 0.05) is 18.2 Å². The van der Waals surface area contributed by atoms with Gasteiger partial charge in [-0.2, -0.15) is 11.8 Å². The summed E-state index contributed by atoms with van der Waals surface area (Å²) >= 11 is 1.97. The molecule has 1 aliphatic heterocycles. The standard InChI is InChI=1S/C14H20N2O2S/c1-18-13-9-11(2-3-12(13)15)16-14(17)8-10-4-6-19-7-5-10/h2-3,9-10H,4-8,15H2,1H3,(H,16,17). The summed E-state index contributed by atoms with van der Waals surface area (Å²) in [5.41, 5.74) is 7.05. The van der Waals surface area contributed by atoms with Gasteiger partial charge in [-0.25, -0.2) is 0 Å². The molecule has 1 aromatic carbocycles. The molecule has 1 aromatic rings. The number of methoxy groups -OCH3 is 1. The lowest BCUT2D eigenvalue weighted by Gasteiger charge is -2.20. The Morgan fingerprint density at radius 1 is 1.47 bits per heavy atom. The second-order valence-corrected chi connectivity index (χ2v) is 5.99. The zero-order valence-electron chi connectivity index (χ0n) is 11.1. The van der Waals surface area contributed by atoms with Crippen LogP contribution >= 0.6 is 11.8 Å². The van der Waals surface area contributed by atoms with Crippen molar-refractivity contribution in [1.29, 1.82) is 0 Å². The van der Waals surface area contributed by atoms with Gasteiger partial charge in [-0.05, 0) is 42.4 Å². The van der Waals surface area contributed by atoms with E-state index in [2.05, 4.69) is 5.32 Å². The van der Waals surface area contributed by atoms with E-state index < -0.39 is 0 Å². The van der Waals surface area contributed by atoms with Gasteiger partial charge in [0.15, 0.2) is 0 Å². The maximum atomic E-state index is 12.0. The monoisotopic (exact) mass is 280 g/mol. The summed E-state index contributed by atoms with van der Waals surface area (Å²) in [6, 6.07) is 5.29. The lowest BCUT2D eigenvalue weighted by Crippen LogP contribution is -2.19. The second-order valence-electron chi connectivity index (χ2n) is 4.76. The zero-order chi connectivity index (χ0) is 13.7. The first-order chi connectivity index (χ1) is 9.19. The summed E-state index contributed by atoms with van der Waals surface area (Å²) in [7, 11) is 1.57. The Hall–Kier alpha value is -1.36. The van der Waals surface area contributed by atoms with Crippen LogP contribution in [0.25, 0.3) is 0 Å². The molecule has 104 valence electrons. The third-order valence-corrected chi connectivity index (χ3v) is 4.38. The molecule has 1 fully saturated rings. The Morgan fingerprint density at radius 3 is 2.89 bits per heavy atom. The SMILES string of the molecule is COc1cc(NC(=O)CC2CCSCC2)ccc1N. The highest BCUT2D eigenvalue weighted by atomic mass is 32.2. The number of amides is 1. The summed E-state index contributed by atoms with van der Waals surface area (Å²) in [5, 5.41) is 2.91. The Morgan fingerprint density at radius 2 is 2.21 bits per heavy atom. The van der Waals surface area contributed by atoms with Crippen LogP contribution in [-0.4, -0.2) is 24.5 Å². The summed E-state index contributed by atoms with van der Waals surface area (Å²) in [5.74, 6) is 3.54. The molecular formula is C14H20N2O2S. The number of nitrogens with one attached hydrogen (secondary N) is 1. The third-order valence-electron chi connectivity index (χ3n) is 3.33. The van der Waals surface area contributed by atoms with Crippen LogP contribution < -0.4 is 15.8 Å². The van der Waals surface area contributed by atoms with E-state index in [0.717, 1.165) is 18.5 Å². The van der Waals surface area contributed by atoms with Crippen molar-refractivity contribution >= 4 is 29.0 Å². The van der Waals surface area contributed by atoms with E-state index in [4.69, 9.17) is 10.5 Å². The third kappa shape index (κ3) is 4.06. The zero-order valence-corrected chi connectivity index (χ0v) is 12.0. The molecule has 0 spiro atoms. The number of ether oxygens (including phenoxy) is 1. The van der Waals surface area contributed by atoms with E-state index in [0.29, 0.717) is 23.8 Å². The van der Waals surface area contributed by atoms with Gasteiger partial charge >= 0.3 is 0 Å². The van der Waals surface area contributed by atoms with Crippen LogP contribution in [0.3, 0.4) is 0 Å². The molecule has 2 rings (SSSR count). The highest BCUT2D eigenvalue weighted by molar-refractivity contribution is 7.99. The fourth-order valence-electron chi connectivity index (χ4n) is 2.21. The van der Waals surface area contributed by atoms with E-state index in [1.807, 2.05) is 11.8 Å². The van der Waals surface area contributed by atoms with Crippen molar-refractivity contribution in [1.82, 2.24) is 0 Å². The number of benzene rings is 1. The minimum Gasteiger partial charge on any atom is -0.495 e. The smallest absolute Gasteiger partial charge is 0.224 e. The maximum absolute atomic E-state index is 12.0. The molecule has 1 saturated heterocycles. The van der Waals surface area contributed by atoms with Gasteiger partial charge < -0.3 is 15.8 Å². The highest BCUT2D eigenvalue weighted by Crippen LogP contribution is 2.27. The molecule has 0 unspecified atom stereocenters. The number of nitrogens with two attached hydrogens (primary N) is 1. The Kier molecular flexibility index (Phi) is 4.96. The summed E-state index contributed by atoms with van der Waals surface area (Å²) < 4.78 is 5.14. The molecular weight excluding hydrogens is 260 g/mol. The van der Waals surface area contributed by atoms with Gasteiger partial charge in [0.2, 0.25) is 5.91 Å². The first kappa shape index (κ1) is 14.1. The topological polar surface area (TPSA) is 64.3 Å². The van der Waals surface area contributed by atoms with Crippen molar-refractivity contribution in [3.63, 3.8) is 0 Å². The van der Waals surface area contributed by atoms with Gasteiger partial charge in [0.25, 0.3) is 0 Å². The van der Waals surface area contributed by atoms with Crippen LogP contribution in [0.15, 0.2) is 18.2 Å². The van der Waals surface area contributed by atoms with Crippen LogP contribution in [0.4, 0.5) is 11.4 Å². The molecule has 19 heavy (non-hydrogen) atoms. The Bertz CT molecular complexity index is 445. The molecule has 5 heteroatoms. The van der Waals surface area contributed by atoms with Gasteiger partial charge in [0.1, 0.15) is 5.75 Å². The molecule has 0 radical (unpaired) electrons.